The van der Waals surface area contributed by atoms with Crippen molar-refractivity contribution in [1.82, 2.24) is 24.5 Å². The van der Waals surface area contributed by atoms with Crippen molar-refractivity contribution in [2.75, 3.05) is 14.1 Å². The van der Waals surface area contributed by atoms with Gasteiger partial charge in [0.25, 0.3) is 11.8 Å². The molecule has 8 heteroatoms. The fourth-order valence-electron chi connectivity index (χ4n) is 4.79. The Morgan fingerprint density at radius 1 is 1.13 bits per heavy atom. The monoisotopic (exact) mass is 419 g/mol. The standard InChI is InChI=1S/C23H25N5O3/c1-14-11-18(25-31-14)22(29)28-16-9-10-17(28)13-27-19(12-16)20(23(30)26(2)3)24-21(27)15-7-5-4-6-8-15/h4-8,11,16-17H,9-10,12-13H2,1-3H3/t16-,17+/m0/s1. The molecule has 2 amide bonds. The second kappa shape index (κ2) is 7.37. The first-order valence-corrected chi connectivity index (χ1v) is 10.6. The van der Waals surface area contributed by atoms with Gasteiger partial charge in [-0.3, -0.25) is 9.59 Å². The summed E-state index contributed by atoms with van der Waals surface area (Å²) < 4.78 is 7.28. The summed E-state index contributed by atoms with van der Waals surface area (Å²) >= 11 is 0. The van der Waals surface area contributed by atoms with Crippen LogP contribution in [0.2, 0.25) is 0 Å². The number of benzene rings is 1. The van der Waals surface area contributed by atoms with E-state index < -0.39 is 0 Å². The lowest BCUT2D eigenvalue weighted by Gasteiger charge is -2.27. The molecule has 2 aromatic heterocycles. The highest BCUT2D eigenvalue weighted by atomic mass is 16.5. The molecule has 0 saturated carbocycles. The Labute approximate surface area is 180 Å². The van der Waals surface area contributed by atoms with E-state index in [2.05, 4.69) is 9.72 Å². The van der Waals surface area contributed by atoms with E-state index in [9.17, 15) is 9.59 Å². The third kappa shape index (κ3) is 3.22. The van der Waals surface area contributed by atoms with Gasteiger partial charge in [-0.05, 0) is 19.8 Å². The zero-order valence-electron chi connectivity index (χ0n) is 17.9. The van der Waals surface area contributed by atoms with Gasteiger partial charge in [-0.1, -0.05) is 35.5 Å². The van der Waals surface area contributed by atoms with Gasteiger partial charge in [-0.15, -0.1) is 0 Å². The molecule has 2 bridgehead atoms. The van der Waals surface area contributed by atoms with Crippen molar-refractivity contribution in [3.8, 4) is 11.4 Å². The number of rotatable bonds is 3. The quantitative estimate of drug-likeness (QED) is 0.652. The zero-order chi connectivity index (χ0) is 21.7. The number of aryl methyl sites for hydroxylation is 1. The highest BCUT2D eigenvalue weighted by Crippen LogP contribution is 2.36. The van der Waals surface area contributed by atoms with Crippen molar-refractivity contribution in [1.29, 1.82) is 0 Å². The number of imidazole rings is 1. The number of hydrogen-bond donors (Lipinski definition) is 0. The highest BCUT2D eigenvalue weighted by molar-refractivity contribution is 5.95. The summed E-state index contributed by atoms with van der Waals surface area (Å²) in [6.07, 6.45) is 2.40. The van der Waals surface area contributed by atoms with Gasteiger partial charge in [0, 0.05) is 44.7 Å². The van der Waals surface area contributed by atoms with Crippen molar-refractivity contribution in [3.63, 3.8) is 0 Å². The third-order valence-electron chi connectivity index (χ3n) is 6.24. The van der Waals surface area contributed by atoms with Gasteiger partial charge in [0.1, 0.15) is 17.3 Å². The minimum Gasteiger partial charge on any atom is -0.361 e. The molecular weight excluding hydrogens is 394 g/mol. The van der Waals surface area contributed by atoms with Crippen LogP contribution in [0.3, 0.4) is 0 Å². The molecule has 5 rings (SSSR count). The Kier molecular flexibility index (Phi) is 4.64. The molecule has 3 aromatic rings. The average molecular weight is 419 g/mol. The van der Waals surface area contributed by atoms with E-state index in [1.165, 1.54) is 0 Å². The first kappa shape index (κ1) is 19.5. The molecule has 0 radical (unpaired) electrons. The third-order valence-corrected chi connectivity index (χ3v) is 6.24. The SMILES string of the molecule is Cc1cc(C(=O)N2[C@@H]3CC[C@H]2Cc2c(C(=O)N(C)C)nc(-c4ccccc4)n2C3)no1. The van der Waals surface area contributed by atoms with Crippen LogP contribution in [-0.4, -0.2) is 62.5 Å². The van der Waals surface area contributed by atoms with Gasteiger partial charge in [0.2, 0.25) is 0 Å². The largest absolute Gasteiger partial charge is 0.361 e. The van der Waals surface area contributed by atoms with Crippen LogP contribution < -0.4 is 0 Å². The molecule has 0 N–H and O–H groups in total. The average Bonchev–Trinajstić information content (AvgIpc) is 3.42. The molecule has 1 fully saturated rings. The molecular formula is C23H25N5O3. The molecule has 8 nitrogen and oxygen atoms in total. The van der Waals surface area contributed by atoms with Crippen LogP contribution in [0.4, 0.5) is 0 Å². The van der Waals surface area contributed by atoms with E-state index in [0.29, 0.717) is 30.1 Å². The summed E-state index contributed by atoms with van der Waals surface area (Å²) in [6.45, 7) is 2.38. The molecule has 1 saturated heterocycles. The summed E-state index contributed by atoms with van der Waals surface area (Å²) in [4.78, 5) is 34.6. The number of aromatic nitrogens is 3. The highest BCUT2D eigenvalue weighted by Gasteiger charge is 2.43. The summed E-state index contributed by atoms with van der Waals surface area (Å²) in [5.74, 6) is 1.17. The number of carbonyl (C=O) groups is 2. The van der Waals surface area contributed by atoms with E-state index in [-0.39, 0.29) is 23.9 Å². The molecule has 0 spiro atoms. The number of hydrogen-bond acceptors (Lipinski definition) is 5. The molecule has 0 aliphatic carbocycles. The molecule has 2 atom stereocenters. The fourth-order valence-corrected chi connectivity index (χ4v) is 4.79. The Morgan fingerprint density at radius 3 is 2.55 bits per heavy atom. The first-order valence-electron chi connectivity index (χ1n) is 10.6. The summed E-state index contributed by atoms with van der Waals surface area (Å²) in [5.41, 5.74) is 2.68. The molecule has 1 aromatic carbocycles. The topological polar surface area (TPSA) is 84.5 Å². The van der Waals surface area contributed by atoms with Crippen molar-refractivity contribution in [2.45, 2.75) is 44.8 Å². The lowest BCUT2D eigenvalue weighted by atomic mass is 10.0. The lowest BCUT2D eigenvalue weighted by molar-refractivity contribution is 0.0655. The predicted octanol–water partition coefficient (Wildman–Crippen LogP) is 2.78. The predicted molar refractivity (Wildman–Crippen MR) is 114 cm³/mol. The van der Waals surface area contributed by atoms with Gasteiger partial charge in [0.15, 0.2) is 5.69 Å². The van der Waals surface area contributed by atoms with Crippen LogP contribution in [0.25, 0.3) is 11.4 Å². The Hall–Kier alpha value is -3.42. The Balaban J connectivity index is 1.59. The molecule has 160 valence electrons. The van der Waals surface area contributed by atoms with Crippen molar-refractivity contribution >= 4 is 11.8 Å². The molecule has 4 heterocycles. The number of amides is 2. The number of carbonyl (C=O) groups excluding carboxylic acids is 2. The van der Waals surface area contributed by atoms with E-state index in [0.717, 1.165) is 29.9 Å². The maximum atomic E-state index is 13.3. The van der Waals surface area contributed by atoms with E-state index in [1.54, 1.807) is 32.0 Å². The van der Waals surface area contributed by atoms with Crippen molar-refractivity contribution in [3.05, 3.63) is 59.2 Å². The van der Waals surface area contributed by atoms with Gasteiger partial charge in [-0.25, -0.2) is 4.98 Å². The van der Waals surface area contributed by atoms with Crippen LogP contribution in [0.1, 0.15) is 45.3 Å². The van der Waals surface area contributed by atoms with Gasteiger partial charge in [0.05, 0.1) is 11.7 Å². The second-order valence-corrected chi connectivity index (χ2v) is 8.53. The maximum absolute atomic E-state index is 13.3. The van der Waals surface area contributed by atoms with Crippen LogP contribution in [0.5, 0.6) is 0 Å². The first-order chi connectivity index (χ1) is 14.9. The minimum atomic E-state index is -0.117. The number of nitrogens with zero attached hydrogens (tertiary/aromatic N) is 5. The second-order valence-electron chi connectivity index (χ2n) is 8.53. The van der Waals surface area contributed by atoms with E-state index >= 15 is 0 Å². The van der Waals surface area contributed by atoms with Gasteiger partial charge in [-0.2, -0.15) is 0 Å². The van der Waals surface area contributed by atoms with Crippen LogP contribution in [0.15, 0.2) is 40.9 Å². The van der Waals surface area contributed by atoms with Crippen molar-refractivity contribution in [2.24, 2.45) is 0 Å². The van der Waals surface area contributed by atoms with Crippen LogP contribution in [0, 0.1) is 6.92 Å². The molecule has 31 heavy (non-hydrogen) atoms. The fraction of sp³-hybridized carbons (Fsp3) is 0.391. The molecule has 2 aliphatic rings. The molecule has 2 aliphatic heterocycles. The van der Waals surface area contributed by atoms with E-state index in [4.69, 9.17) is 9.51 Å². The summed E-state index contributed by atoms with van der Waals surface area (Å²) in [7, 11) is 3.48. The van der Waals surface area contributed by atoms with Crippen molar-refractivity contribution < 1.29 is 14.1 Å². The number of fused-ring (bicyclic) bond motifs is 3. The minimum absolute atomic E-state index is 0.00444. The maximum Gasteiger partial charge on any atom is 0.276 e. The van der Waals surface area contributed by atoms with Gasteiger partial charge >= 0.3 is 0 Å². The zero-order valence-corrected chi connectivity index (χ0v) is 17.9. The van der Waals surface area contributed by atoms with Crippen LogP contribution >= 0.6 is 0 Å². The Morgan fingerprint density at radius 2 is 1.87 bits per heavy atom. The van der Waals surface area contributed by atoms with Gasteiger partial charge < -0.3 is 18.9 Å². The smallest absolute Gasteiger partial charge is 0.276 e. The summed E-state index contributed by atoms with van der Waals surface area (Å²) in [5, 5.41) is 3.94. The molecule has 0 unspecified atom stereocenters. The normalized spacial score (nSPS) is 19.8. The van der Waals surface area contributed by atoms with E-state index in [1.807, 2.05) is 35.2 Å². The Bertz CT molecular complexity index is 1150. The summed E-state index contributed by atoms with van der Waals surface area (Å²) in [6, 6.07) is 11.6. The van der Waals surface area contributed by atoms with Crippen LogP contribution in [-0.2, 0) is 13.0 Å². The lowest BCUT2D eigenvalue weighted by Crippen LogP contribution is -2.42.